The topological polar surface area (TPSA) is 61.4 Å². The summed E-state index contributed by atoms with van der Waals surface area (Å²) in [6.07, 6.45) is 3.47. The van der Waals surface area contributed by atoms with Gasteiger partial charge in [0.1, 0.15) is 6.04 Å². The minimum atomic E-state index is -0.404. The number of anilines is 1. The van der Waals surface area contributed by atoms with Gasteiger partial charge in [-0.1, -0.05) is 6.07 Å². The smallest absolute Gasteiger partial charge is 0.324 e. The molecule has 1 aliphatic carbocycles. The van der Waals surface area contributed by atoms with Crippen LogP contribution in [0.4, 0.5) is 10.5 Å². The summed E-state index contributed by atoms with van der Waals surface area (Å²) >= 11 is 0. The first-order valence-corrected chi connectivity index (χ1v) is 7.13. The van der Waals surface area contributed by atoms with Gasteiger partial charge in [0.25, 0.3) is 5.91 Å². The van der Waals surface area contributed by atoms with Crippen molar-refractivity contribution in [1.29, 1.82) is 0 Å². The maximum atomic E-state index is 12.2. The molecule has 3 amide bonds. The van der Waals surface area contributed by atoms with Crippen LogP contribution < -0.4 is 10.6 Å². The molecule has 0 saturated carbocycles. The molecule has 2 N–H and O–H groups in total. The lowest BCUT2D eigenvalue weighted by Gasteiger charge is -2.20. The number of amides is 3. The second-order valence-corrected chi connectivity index (χ2v) is 5.42. The first-order valence-electron chi connectivity index (χ1n) is 7.13. The third-order valence-electron chi connectivity index (χ3n) is 3.97. The highest BCUT2D eigenvalue weighted by Gasteiger charge is 2.29. The van der Waals surface area contributed by atoms with Gasteiger partial charge in [-0.25, -0.2) is 4.79 Å². The van der Waals surface area contributed by atoms with Crippen molar-refractivity contribution in [2.45, 2.75) is 32.2 Å². The molecule has 5 heteroatoms. The summed E-state index contributed by atoms with van der Waals surface area (Å²) < 4.78 is 0. The van der Waals surface area contributed by atoms with Gasteiger partial charge in [0.05, 0.1) is 0 Å². The van der Waals surface area contributed by atoms with Crippen molar-refractivity contribution in [2.24, 2.45) is 0 Å². The summed E-state index contributed by atoms with van der Waals surface area (Å²) in [7, 11) is 0. The number of rotatable bonds is 3. The van der Waals surface area contributed by atoms with E-state index < -0.39 is 6.04 Å². The summed E-state index contributed by atoms with van der Waals surface area (Å²) in [5.41, 5.74) is 3.73. The van der Waals surface area contributed by atoms with Gasteiger partial charge in [0.2, 0.25) is 0 Å². The zero-order chi connectivity index (χ0) is 14.1. The quantitative estimate of drug-likeness (QED) is 0.878. The molecule has 1 heterocycles. The minimum Gasteiger partial charge on any atom is -0.374 e. The lowest BCUT2D eigenvalue weighted by atomic mass is 10.1. The van der Waals surface area contributed by atoms with Crippen molar-refractivity contribution in [3.05, 3.63) is 29.3 Å². The molecule has 5 nitrogen and oxygen atoms in total. The van der Waals surface area contributed by atoms with E-state index in [-0.39, 0.29) is 11.9 Å². The summed E-state index contributed by atoms with van der Waals surface area (Å²) in [5, 5.41) is 5.84. The van der Waals surface area contributed by atoms with Crippen LogP contribution in [-0.4, -0.2) is 36.0 Å². The highest BCUT2D eigenvalue weighted by Crippen LogP contribution is 2.25. The second kappa shape index (κ2) is 5.15. The number of aryl methyl sites for hydroxylation is 2. The number of nitrogens with zero attached hydrogens (tertiary/aromatic N) is 1. The Morgan fingerprint density at radius 3 is 2.90 bits per heavy atom. The molecule has 0 aromatic heterocycles. The van der Waals surface area contributed by atoms with Crippen LogP contribution >= 0.6 is 0 Å². The molecular formula is C15H19N3O2. The number of carbonyl (C=O) groups is 2. The van der Waals surface area contributed by atoms with E-state index in [0.29, 0.717) is 13.1 Å². The largest absolute Gasteiger partial charge is 0.374 e. The minimum absolute atomic E-state index is 0.180. The average molecular weight is 273 g/mol. The number of carbonyl (C=O) groups excluding carboxylic acids is 2. The standard InChI is InChI=1S/C15H19N3O2/c1-10(14(19)18-8-7-16-15(18)20)17-13-6-5-11-3-2-4-12(11)9-13/h5-6,9-10,17H,2-4,7-8H2,1H3,(H,16,20)/t10-/m0/s1. The predicted octanol–water partition coefficient (Wildman–Crippen LogP) is 1.53. The molecule has 1 atom stereocenters. The molecule has 3 rings (SSSR count). The zero-order valence-corrected chi connectivity index (χ0v) is 11.6. The van der Waals surface area contributed by atoms with Gasteiger partial charge in [-0.05, 0) is 49.4 Å². The summed E-state index contributed by atoms with van der Waals surface area (Å²) in [4.78, 5) is 25.0. The number of imide groups is 1. The molecule has 0 spiro atoms. The molecule has 1 saturated heterocycles. The van der Waals surface area contributed by atoms with Crippen LogP contribution in [0.2, 0.25) is 0 Å². The molecule has 1 aromatic carbocycles. The van der Waals surface area contributed by atoms with Gasteiger partial charge in [0, 0.05) is 18.8 Å². The Labute approximate surface area is 118 Å². The van der Waals surface area contributed by atoms with Gasteiger partial charge in [-0.3, -0.25) is 9.69 Å². The molecule has 106 valence electrons. The Kier molecular flexibility index (Phi) is 3.34. The van der Waals surface area contributed by atoms with E-state index in [1.807, 2.05) is 6.07 Å². The maximum Gasteiger partial charge on any atom is 0.324 e. The van der Waals surface area contributed by atoms with Crippen LogP contribution in [0.3, 0.4) is 0 Å². The normalized spacial score (nSPS) is 18.6. The van der Waals surface area contributed by atoms with E-state index in [0.717, 1.165) is 18.5 Å². The van der Waals surface area contributed by atoms with Crippen LogP contribution in [0, 0.1) is 0 Å². The molecule has 1 fully saturated rings. The summed E-state index contributed by atoms with van der Waals surface area (Å²) in [5.74, 6) is -0.180. The van der Waals surface area contributed by atoms with Crippen molar-refractivity contribution >= 4 is 17.6 Å². The fourth-order valence-corrected chi connectivity index (χ4v) is 2.89. The predicted molar refractivity (Wildman–Crippen MR) is 76.7 cm³/mol. The highest BCUT2D eigenvalue weighted by atomic mass is 16.2. The lowest BCUT2D eigenvalue weighted by molar-refractivity contribution is -0.128. The third kappa shape index (κ3) is 2.35. The van der Waals surface area contributed by atoms with E-state index >= 15 is 0 Å². The molecule has 20 heavy (non-hydrogen) atoms. The van der Waals surface area contributed by atoms with Crippen molar-refractivity contribution in [1.82, 2.24) is 10.2 Å². The number of hydrogen-bond acceptors (Lipinski definition) is 3. The van der Waals surface area contributed by atoms with Crippen LogP contribution in [0.5, 0.6) is 0 Å². The Bertz CT molecular complexity index is 556. The van der Waals surface area contributed by atoms with E-state index in [9.17, 15) is 9.59 Å². The van der Waals surface area contributed by atoms with Crippen LogP contribution in [0.15, 0.2) is 18.2 Å². The van der Waals surface area contributed by atoms with Crippen molar-refractivity contribution < 1.29 is 9.59 Å². The SMILES string of the molecule is C[C@H](Nc1ccc2c(c1)CCC2)C(=O)N1CCNC1=O. The van der Waals surface area contributed by atoms with Crippen molar-refractivity contribution in [3.8, 4) is 0 Å². The van der Waals surface area contributed by atoms with Gasteiger partial charge in [-0.15, -0.1) is 0 Å². The molecule has 1 aliphatic heterocycles. The summed E-state index contributed by atoms with van der Waals surface area (Å²) in [6.45, 7) is 2.78. The molecule has 1 aromatic rings. The van der Waals surface area contributed by atoms with Crippen LogP contribution in [-0.2, 0) is 17.6 Å². The van der Waals surface area contributed by atoms with Crippen LogP contribution in [0.25, 0.3) is 0 Å². The van der Waals surface area contributed by atoms with Gasteiger partial charge in [-0.2, -0.15) is 0 Å². The van der Waals surface area contributed by atoms with E-state index in [1.54, 1.807) is 6.92 Å². The molecular weight excluding hydrogens is 254 g/mol. The fourth-order valence-electron chi connectivity index (χ4n) is 2.89. The molecule has 2 aliphatic rings. The average Bonchev–Trinajstić information content (AvgIpc) is 3.05. The number of fused-ring (bicyclic) bond motifs is 1. The van der Waals surface area contributed by atoms with E-state index in [1.165, 1.54) is 22.4 Å². The van der Waals surface area contributed by atoms with Crippen LogP contribution in [0.1, 0.15) is 24.5 Å². The Morgan fingerprint density at radius 2 is 2.15 bits per heavy atom. The Morgan fingerprint density at radius 1 is 1.35 bits per heavy atom. The number of nitrogens with one attached hydrogen (secondary N) is 2. The summed E-state index contributed by atoms with van der Waals surface area (Å²) in [6, 6.07) is 5.56. The molecule has 0 unspecified atom stereocenters. The van der Waals surface area contributed by atoms with Gasteiger partial charge in [0.15, 0.2) is 0 Å². The zero-order valence-electron chi connectivity index (χ0n) is 11.6. The Hall–Kier alpha value is -2.04. The van der Waals surface area contributed by atoms with E-state index in [2.05, 4.69) is 22.8 Å². The van der Waals surface area contributed by atoms with E-state index in [4.69, 9.17) is 0 Å². The fraction of sp³-hybridized carbons (Fsp3) is 0.467. The molecule has 0 radical (unpaired) electrons. The third-order valence-corrected chi connectivity index (χ3v) is 3.97. The monoisotopic (exact) mass is 273 g/mol. The number of benzene rings is 1. The van der Waals surface area contributed by atoms with Crippen molar-refractivity contribution in [2.75, 3.05) is 18.4 Å². The first kappa shape index (κ1) is 13.0. The number of hydrogen-bond donors (Lipinski definition) is 2. The Balaban J connectivity index is 1.68. The van der Waals surface area contributed by atoms with Gasteiger partial charge >= 0.3 is 6.03 Å². The highest BCUT2D eigenvalue weighted by molar-refractivity contribution is 5.99. The first-order chi connectivity index (χ1) is 9.65. The maximum absolute atomic E-state index is 12.2. The van der Waals surface area contributed by atoms with Gasteiger partial charge < -0.3 is 10.6 Å². The van der Waals surface area contributed by atoms with Crippen molar-refractivity contribution in [3.63, 3.8) is 0 Å². The lowest BCUT2D eigenvalue weighted by Crippen LogP contribution is -2.43. The number of urea groups is 1. The second-order valence-electron chi connectivity index (χ2n) is 5.42. The molecule has 0 bridgehead atoms.